The molecule has 0 saturated carbocycles. The number of likely N-dealkylation sites (tertiary alicyclic amines) is 1. The number of nitrogens with two attached hydrogens (primary N) is 1. The molecule has 26 heavy (non-hydrogen) atoms. The molecule has 6 nitrogen and oxygen atoms in total. The molecule has 2 heterocycles. The number of hydrogen-bond acceptors (Lipinski definition) is 5. The SMILES string of the molecule is COc1cc2c(cc1OC)CN(C(=O)CN1CCC(N)C(C)(C)C1)CC2. The maximum Gasteiger partial charge on any atom is 0.237 e. The van der Waals surface area contributed by atoms with Gasteiger partial charge in [-0.3, -0.25) is 9.69 Å². The summed E-state index contributed by atoms with van der Waals surface area (Å²) in [5, 5.41) is 0. The van der Waals surface area contributed by atoms with E-state index in [1.165, 1.54) is 5.56 Å². The second-order valence-electron chi connectivity index (χ2n) is 8.14. The fourth-order valence-electron chi connectivity index (χ4n) is 4.01. The number of benzene rings is 1. The molecule has 144 valence electrons. The summed E-state index contributed by atoms with van der Waals surface area (Å²) in [5.41, 5.74) is 8.64. The average Bonchev–Trinajstić information content (AvgIpc) is 2.62. The molecule has 0 aliphatic carbocycles. The van der Waals surface area contributed by atoms with Crippen LogP contribution in [0.4, 0.5) is 0 Å². The molecule has 3 rings (SSSR count). The van der Waals surface area contributed by atoms with Gasteiger partial charge in [0.2, 0.25) is 5.91 Å². The summed E-state index contributed by atoms with van der Waals surface area (Å²) < 4.78 is 10.8. The first-order valence-electron chi connectivity index (χ1n) is 9.33. The van der Waals surface area contributed by atoms with Gasteiger partial charge in [0.05, 0.1) is 20.8 Å². The Bertz CT molecular complexity index is 675. The van der Waals surface area contributed by atoms with Gasteiger partial charge in [-0.05, 0) is 41.5 Å². The summed E-state index contributed by atoms with van der Waals surface area (Å²) in [7, 11) is 3.29. The van der Waals surface area contributed by atoms with E-state index in [0.717, 1.165) is 43.8 Å². The molecule has 1 fully saturated rings. The number of piperidine rings is 1. The first kappa shape index (κ1) is 19.0. The Labute approximate surface area is 156 Å². The summed E-state index contributed by atoms with van der Waals surface area (Å²) in [6.07, 6.45) is 1.79. The van der Waals surface area contributed by atoms with Crippen molar-refractivity contribution in [3.05, 3.63) is 23.3 Å². The predicted octanol–water partition coefficient (Wildman–Crippen LogP) is 1.65. The minimum Gasteiger partial charge on any atom is -0.493 e. The molecule has 1 aromatic rings. The average molecular weight is 361 g/mol. The van der Waals surface area contributed by atoms with Gasteiger partial charge in [0.15, 0.2) is 11.5 Å². The van der Waals surface area contributed by atoms with Crippen LogP contribution in [-0.4, -0.2) is 62.1 Å². The quantitative estimate of drug-likeness (QED) is 0.883. The largest absolute Gasteiger partial charge is 0.493 e. The predicted molar refractivity (Wildman–Crippen MR) is 101 cm³/mol. The normalized spacial score (nSPS) is 22.7. The smallest absolute Gasteiger partial charge is 0.237 e. The van der Waals surface area contributed by atoms with Gasteiger partial charge in [0.1, 0.15) is 0 Å². The summed E-state index contributed by atoms with van der Waals surface area (Å²) >= 11 is 0. The number of fused-ring (bicyclic) bond motifs is 1. The maximum atomic E-state index is 12.8. The van der Waals surface area contributed by atoms with Crippen molar-refractivity contribution in [1.29, 1.82) is 0 Å². The molecule has 1 amide bonds. The molecule has 0 radical (unpaired) electrons. The number of carbonyl (C=O) groups excluding carboxylic acids is 1. The van der Waals surface area contributed by atoms with Gasteiger partial charge in [0, 0.05) is 32.2 Å². The fourth-order valence-corrected chi connectivity index (χ4v) is 4.01. The number of hydrogen-bond donors (Lipinski definition) is 1. The van der Waals surface area contributed by atoms with Gasteiger partial charge in [-0.25, -0.2) is 0 Å². The molecule has 0 spiro atoms. The first-order chi connectivity index (χ1) is 12.3. The Hall–Kier alpha value is -1.79. The Morgan fingerprint density at radius 2 is 1.85 bits per heavy atom. The van der Waals surface area contributed by atoms with Crippen molar-refractivity contribution in [3.8, 4) is 11.5 Å². The van der Waals surface area contributed by atoms with E-state index >= 15 is 0 Å². The molecule has 2 aliphatic heterocycles. The highest BCUT2D eigenvalue weighted by Crippen LogP contribution is 2.33. The second-order valence-corrected chi connectivity index (χ2v) is 8.14. The summed E-state index contributed by atoms with van der Waals surface area (Å²) in [6, 6.07) is 4.24. The second kappa shape index (κ2) is 7.45. The number of amides is 1. The number of carbonyl (C=O) groups is 1. The first-order valence-corrected chi connectivity index (χ1v) is 9.33. The lowest BCUT2D eigenvalue weighted by Gasteiger charge is -2.43. The van der Waals surface area contributed by atoms with Crippen molar-refractivity contribution in [3.63, 3.8) is 0 Å². The highest BCUT2D eigenvalue weighted by atomic mass is 16.5. The summed E-state index contributed by atoms with van der Waals surface area (Å²) in [5.74, 6) is 1.65. The van der Waals surface area contributed by atoms with Crippen molar-refractivity contribution in [2.45, 2.75) is 39.3 Å². The molecule has 1 atom stereocenters. The number of ether oxygens (including phenoxy) is 2. The zero-order valence-electron chi connectivity index (χ0n) is 16.4. The molecule has 6 heteroatoms. The highest BCUT2D eigenvalue weighted by Gasteiger charge is 2.34. The zero-order chi connectivity index (χ0) is 18.9. The van der Waals surface area contributed by atoms with Crippen molar-refractivity contribution in [2.75, 3.05) is 40.4 Å². The van der Waals surface area contributed by atoms with Crippen LogP contribution < -0.4 is 15.2 Å². The Balaban J connectivity index is 1.66. The zero-order valence-corrected chi connectivity index (χ0v) is 16.4. The number of nitrogens with zero attached hydrogens (tertiary/aromatic N) is 2. The standard InChI is InChI=1S/C20H31N3O3/c1-20(2)13-22(7-6-18(20)21)12-19(24)23-8-5-14-9-16(25-3)17(26-4)10-15(14)11-23/h9-10,18H,5-8,11-13,21H2,1-4H3. The minimum absolute atomic E-state index is 0.0525. The molecule has 2 aliphatic rings. The van der Waals surface area contributed by atoms with E-state index in [2.05, 4.69) is 18.7 Å². The van der Waals surface area contributed by atoms with E-state index in [1.807, 2.05) is 17.0 Å². The fraction of sp³-hybridized carbons (Fsp3) is 0.650. The van der Waals surface area contributed by atoms with Crippen LogP contribution in [0, 0.1) is 5.41 Å². The van der Waals surface area contributed by atoms with Crippen molar-refractivity contribution >= 4 is 5.91 Å². The molecular formula is C20H31N3O3. The molecule has 1 unspecified atom stereocenters. The van der Waals surface area contributed by atoms with Crippen LogP contribution in [0.1, 0.15) is 31.4 Å². The summed E-state index contributed by atoms with van der Waals surface area (Å²) in [6.45, 7) is 7.99. The van der Waals surface area contributed by atoms with E-state index in [0.29, 0.717) is 18.8 Å². The monoisotopic (exact) mass is 361 g/mol. The summed E-state index contributed by atoms with van der Waals surface area (Å²) in [4.78, 5) is 17.0. The molecule has 1 aromatic carbocycles. The van der Waals surface area contributed by atoms with Crippen LogP contribution in [0.5, 0.6) is 11.5 Å². The number of rotatable bonds is 4. The van der Waals surface area contributed by atoms with Crippen LogP contribution in [0.15, 0.2) is 12.1 Å². The van der Waals surface area contributed by atoms with Gasteiger partial charge in [-0.2, -0.15) is 0 Å². The number of methoxy groups -OCH3 is 2. The third-order valence-electron chi connectivity index (χ3n) is 5.82. The Morgan fingerprint density at radius 1 is 1.19 bits per heavy atom. The Kier molecular flexibility index (Phi) is 5.44. The Morgan fingerprint density at radius 3 is 2.46 bits per heavy atom. The van der Waals surface area contributed by atoms with Crippen LogP contribution in [0.3, 0.4) is 0 Å². The van der Waals surface area contributed by atoms with Gasteiger partial charge in [0.25, 0.3) is 0 Å². The van der Waals surface area contributed by atoms with E-state index in [-0.39, 0.29) is 17.4 Å². The third-order valence-corrected chi connectivity index (χ3v) is 5.82. The lowest BCUT2D eigenvalue weighted by molar-refractivity contribution is -0.134. The van der Waals surface area contributed by atoms with Crippen molar-refractivity contribution in [1.82, 2.24) is 9.80 Å². The van der Waals surface area contributed by atoms with Gasteiger partial charge >= 0.3 is 0 Å². The van der Waals surface area contributed by atoms with Gasteiger partial charge < -0.3 is 20.1 Å². The minimum atomic E-state index is 0.0525. The molecular weight excluding hydrogens is 330 g/mol. The topological polar surface area (TPSA) is 68.0 Å². The van der Waals surface area contributed by atoms with E-state index in [4.69, 9.17) is 15.2 Å². The maximum absolute atomic E-state index is 12.8. The van der Waals surface area contributed by atoms with E-state index < -0.39 is 0 Å². The lowest BCUT2D eigenvalue weighted by Crippen LogP contribution is -2.54. The molecule has 0 bridgehead atoms. The third kappa shape index (κ3) is 3.81. The van der Waals surface area contributed by atoms with Crippen molar-refractivity contribution < 1.29 is 14.3 Å². The van der Waals surface area contributed by atoms with Crippen molar-refractivity contribution in [2.24, 2.45) is 11.1 Å². The van der Waals surface area contributed by atoms with E-state index in [1.54, 1.807) is 14.2 Å². The molecule has 0 aromatic heterocycles. The van der Waals surface area contributed by atoms with Crippen LogP contribution in [0.2, 0.25) is 0 Å². The highest BCUT2D eigenvalue weighted by molar-refractivity contribution is 5.78. The lowest BCUT2D eigenvalue weighted by atomic mass is 9.80. The molecule has 2 N–H and O–H groups in total. The van der Waals surface area contributed by atoms with Crippen LogP contribution >= 0.6 is 0 Å². The van der Waals surface area contributed by atoms with E-state index in [9.17, 15) is 4.79 Å². The van der Waals surface area contributed by atoms with Crippen LogP contribution in [-0.2, 0) is 17.8 Å². The molecule has 1 saturated heterocycles. The van der Waals surface area contributed by atoms with Crippen LogP contribution in [0.25, 0.3) is 0 Å². The van der Waals surface area contributed by atoms with Gasteiger partial charge in [-0.1, -0.05) is 13.8 Å². The van der Waals surface area contributed by atoms with Gasteiger partial charge in [-0.15, -0.1) is 0 Å².